The molecule has 0 bridgehead atoms. The highest BCUT2D eigenvalue weighted by Gasteiger charge is 2.18. The van der Waals surface area contributed by atoms with Crippen molar-refractivity contribution in [2.24, 2.45) is 10.3 Å². The Morgan fingerprint density at radius 1 is 1.00 bits per heavy atom. The maximum Gasteiger partial charge on any atom is 0.119 e. The fourth-order valence-corrected chi connectivity index (χ4v) is 2.63. The van der Waals surface area contributed by atoms with Gasteiger partial charge in [0.25, 0.3) is 0 Å². The molecule has 0 amide bonds. The van der Waals surface area contributed by atoms with Gasteiger partial charge in [-0.2, -0.15) is 5.26 Å². The first kappa shape index (κ1) is 15.8. The van der Waals surface area contributed by atoms with Crippen LogP contribution >= 0.6 is 0 Å². The second-order valence-corrected chi connectivity index (χ2v) is 5.46. The molecule has 24 heavy (non-hydrogen) atoms. The minimum absolute atomic E-state index is 0.714. The number of benzene rings is 2. The summed E-state index contributed by atoms with van der Waals surface area (Å²) in [7, 11) is 1.64. The van der Waals surface area contributed by atoms with Crippen molar-refractivity contribution >= 4 is 11.4 Å². The largest absolute Gasteiger partial charge is 0.497 e. The van der Waals surface area contributed by atoms with E-state index in [1.54, 1.807) is 7.11 Å². The molecule has 3 rings (SSSR count). The van der Waals surface area contributed by atoms with E-state index in [1.165, 1.54) is 0 Å². The van der Waals surface area contributed by atoms with Crippen LogP contribution in [0.5, 0.6) is 5.75 Å². The number of anilines is 1. The minimum Gasteiger partial charge on any atom is -0.497 e. The number of nitriles is 1. The summed E-state index contributed by atoms with van der Waals surface area (Å²) < 4.78 is 5.13. The van der Waals surface area contributed by atoms with Crippen molar-refractivity contribution in [3.63, 3.8) is 0 Å². The zero-order valence-corrected chi connectivity index (χ0v) is 13.6. The molecule has 0 N–H and O–H groups in total. The lowest BCUT2D eigenvalue weighted by atomic mass is 10.1. The summed E-state index contributed by atoms with van der Waals surface area (Å²) in [6, 6.07) is 17.4. The molecule has 6 heteroatoms. The Labute approximate surface area is 141 Å². The molecule has 0 radical (unpaired) electrons. The third kappa shape index (κ3) is 3.63. The molecule has 2 aromatic carbocycles. The highest BCUT2D eigenvalue weighted by Crippen LogP contribution is 2.22. The highest BCUT2D eigenvalue weighted by molar-refractivity contribution is 5.59. The maximum absolute atomic E-state index is 9.22. The lowest BCUT2D eigenvalue weighted by Crippen LogP contribution is -2.44. The zero-order valence-electron chi connectivity index (χ0n) is 13.6. The van der Waals surface area contributed by atoms with Gasteiger partial charge in [-0.1, -0.05) is 17.4 Å². The number of para-hydroxylation sites is 1. The Balaban J connectivity index is 1.58. The Morgan fingerprint density at radius 2 is 1.71 bits per heavy atom. The highest BCUT2D eigenvalue weighted by atomic mass is 16.5. The Morgan fingerprint density at radius 3 is 2.38 bits per heavy atom. The first-order valence-corrected chi connectivity index (χ1v) is 7.85. The molecular formula is C18H19N5O. The summed E-state index contributed by atoms with van der Waals surface area (Å²) in [4.78, 5) is 2.22. The van der Waals surface area contributed by atoms with Gasteiger partial charge in [-0.25, -0.2) is 0 Å². The molecule has 6 nitrogen and oxygen atoms in total. The molecule has 1 aliphatic heterocycles. The number of rotatable bonds is 4. The van der Waals surface area contributed by atoms with E-state index in [0.717, 1.165) is 43.3 Å². The molecule has 122 valence electrons. The maximum atomic E-state index is 9.22. The molecular weight excluding hydrogens is 302 g/mol. The third-order valence-electron chi connectivity index (χ3n) is 3.98. The summed E-state index contributed by atoms with van der Waals surface area (Å²) in [5.74, 6) is 0.804. The minimum atomic E-state index is 0.714. The van der Waals surface area contributed by atoms with Crippen LogP contribution in [0.3, 0.4) is 0 Å². The van der Waals surface area contributed by atoms with Crippen molar-refractivity contribution < 1.29 is 4.74 Å². The number of hydrogen-bond acceptors (Lipinski definition) is 5. The van der Waals surface area contributed by atoms with Crippen molar-refractivity contribution in [3.8, 4) is 11.8 Å². The SMILES string of the molecule is COc1ccc(/N=N/N2CCN(c3ccccc3C#N)CC2)cc1. The summed E-state index contributed by atoms with van der Waals surface area (Å²) in [6.45, 7) is 3.19. The van der Waals surface area contributed by atoms with E-state index in [0.29, 0.717) is 5.56 Å². The quantitative estimate of drug-likeness (QED) is 0.810. The van der Waals surface area contributed by atoms with Crippen molar-refractivity contribution in [2.75, 3.05) is 38.2 Å². The van der Waals surface area contributed by atoms with Gasteiger partial charge in [-0.3, -0.25) is 5.01 Å². The van der Waals surface area contributed by atoms with Crippen molar-refractivity contribution in [1.82, 2.24) is 5.01 Å². The van der Waals surface area contributed by atoms with Gasteiger partial charge in [0.15, 0.2) is 0 Å². The van der Waals surface area contributed by atoms with Crippen LogP contribution in [0, 0.1) is 11.3 Å². The molecule has 0 atom stereocenters. The predicted octanol–water partition coefficient (Wildman–Crippen LogP) is 3.39. The van der Waals surface area contributed by atoms with Gasteiger partial charge < -0.3 is 9.64 Å². The molecule has 0 unspecified atom stereocenters. The molecule has 0 spiro atoms. The van der Waals surface area contributed by atoms with Gasteiger partial charge in [-0.15, -0.1) is 5.11 Å². The second kappa shape index (κ2) is 7.47. The first-order chi connectivity index (χ1) is 11.8. The van der Waals surface area contributed by atoms with Crippen molar-refractivity contribution in [2.45, 2.75) is 0 Å². The first-order valence-electron chi connectivity index (χ1n) is 7.85. The summed E-state index contributed by atoms with van der Waals surface area (Å²) >= 11 is 0. The van der Waals surface area contributed by atoms with Gasteiger partial charge in [0, 0.05) is 13.1 Å². The standard InChI is InChI=1S/C18H19N5O/c1-24-17-8-6-16(7-9-17)20-21-23-12-10-22(11-13-23)18-5-3-2-4-15(18)14-19/h2-9H,10-13H2,1H3/b21-20+. The van der Waals surface area contributed by atoms with Crippen LogP contribution in [0.1, 0.15) is 5.56 Å². The average molecular weight is 321 g/mol. The van der Waals surface area contributed by atoms with Crippen molar-refractivity contribution in [1.29, 1.82) is 5.26 Å². The molecule has 1 aliphatic rings. The smallest absolute Gasteiger partial charge is 0.119 e. The third-order valence-corrected chi connectivity index (χ3v) is 3.98. The van der Waals surface area contributed by atoms with Crippen LogP contribution in [-0.4, -0.2) is 38.3 Å². The van der Waals surface area contributed by atoms with Crippen LogP contribution in [-0.2, 0) is 0 Å². The summed E-state index contributed by atoms with van der Waals surface area (Å²) in [5.41, 5.74) is 2.51. The van der Waals surface area contributed by atoms with E-state index >= 15 is 0 Å². The lowest BCUT2D eigenvalue weighted by Gasteiger charge is -2.34. The van der Waals surface area contributed by atoms with Crippen LogP contribution in [0.4, 0.5) is 11.4 Å². The van der Waals surface area contributed by atoms with Crippen LogP contribution < -0.4 is 9.64 Å². The molecule has 2 aromatic rings. The molecule has 1 saturated heterocycles. The fraction of sp³-hybridized carbons (Fsp3) is 0.278. The molecule has 0 aromatic heterocycles. The van der Waals surface area contributed by atoms with Gasteiger partial charge in [0.05, 0.1) is 37.1 Å². The monoisotopic (exact) mass is 321 g/mol. The van der Waals surface area contributed by atoms with E-state index in [-0.39, 0.29) is 0 Å². The van der Waals surface area contributed by atoms with Crippen LogP contribution in [0.2, 0.25) is 0 Å². The average Bonchev–Trinajstić information content (AvgIpc) is 2.67. The fourth-order valence-electron chi connectivity index (χ4n) is 2.63. The number of methoxy groups -OCH3 is 1. The zero-order chi connectivity index (χ0) is 16.8. The van der Waals surface area contributed by atoms with Gasteiger partial charge in [0.1, 0.15) is 11.8 Å². The van der Waals surface area contributed by atoms with Crippen molar-refractivity contribution in [3.05, 3.63) is 54.1 Å². The number of hydrogen-bond donors (Lipinski definition) is 0. The van der Waals surface area contributed by atoms with E-state index in [4.69, 9.17) is 4.74 Å². The van der Waals surface area contributed by atoms with E-state index in [9.17, 15) is 5.26 Å². The van der Waals surface area contributed by atoms with Crippen LogP contribution in [0.15, 0.2) is 58.9 Å². The Kier molecular flexibility index (Phi) is 4.92. The molecule has 0 aliphatic carbocycles. The topological polar surface area (TPSA) is 64.2 Å². The Bertz CT molecular complexity index is 743. The Hall–Kier alpha value is -3.07. The van der Waals surface area contributed by atoms with Gasteiger partial charge in [0.2, 0.25) is 0 Å². The lowest BCUT2D eigenvalue weighted by molar-refractivity contribution is 0.254. The number of nitrogens with zero attached hydrogens (tertiary/aromatic N) is 5. The van der Waals surface area contributed by atoms with E-state index < -0.39 is 0 Å². The second-order valence-electron chi connectivity index (χ2n) is 5.46. The van der Waals surface area contributed by atoms with E-state index in [2.05, 4.69) is 21.3 Å². The van der Waals surface area contributed by atoms with E-state index in [1.807, 2.05) is 53.5 Å². The normalized spacial score (nSPS) is 14.7. The van der Waals surface area contributed by atoms with Crippen LogP contribution in [0.25, 0.3) is 0 Å². The summed E-state index contributed by atoms with van der Waals surface area (Å²) in [5, 5.41) is 19.7. The van der Waals surface area contributed by atoms with Gasteiger partial charge >= 0.3 is 0 Å². The molecule has 1 heterocycles. The number of piperazine rings is 1. The summed E-state index contributed by atoms with van der Waals surface area (Å²) in [6.07, 6.45) is 0. The molecule has 1 fully saturated rings. The predicted molar refractivity (Wildman–Crippen MR) is 92.5 cm³/mol. The van der Waals surface area contributed by atoms with Gasteiger partial charge in [-0.05, 0) is 36.4 Å². The number of ether oxygens (including phenoxy) is 1. The molecule has 0 saturated carbocycles.